The molecule has 106 valence electrons. The second kappa shape index (κ2) is 4.97. The number of hydrogen-bond donors (Lipinski definition) is 0. The van der Waals surface area contributed by atoms with Gasteiger partial charge in [0.15, 0.2) is 0 Å². The highest BCUT2D eigenvalue weighted by Crippen LogP contribution is 2.33. The van der Waals surface area contributed by atoms with Gasteiger partial charge in [-0.1, -0.05) is 29.8 Å². The number of anilines is 1. The van der Waals surface area contributed by atoms with E-state index in [0.717, 1.165) is 5.56 Å². The number of Topliss-reactive ketones (excluding diaryl/α,β-unsaturated/α-hetero) is 1. The lowest BCUT2D eigenvalue weighted by atomic mass is 10.1. The van der Waals surface area contributed by atoms with Crippen molar-refractivity contribution in [1.82, 2.24) is 0 Å². The Balaban J connectivity index is 2.02. The lowest BCUT2D eigenvalue weighted by Gasteiger charge is -2.18. The zero-order chi connectivity index (χ0) is 15.1. The Morgan fingerprint density at radius 2 is 1.95 bits per heavy atom. The van der Waals surface area contributed by atoms with Crippen LogP contribution in [0.25, 0.3) is 0 Å². The monoisotopic (exact) mass is 303 g/mol. The van der Waals surface area contributed by atoms with Gasteiger partial charge in [0.25, 0.3) is 11.7 Å². The van der Waals surface area contributed by atoms with Gasteiger partial charge in [0.2, 0.25) is 0 Å². The molecule has 1 aliphatic heterocycles. The van der Waals surface area contributed by atoms with Gasteiger partial charge in [-0.2, -0.15) is 0 Å². The number of fused-ring (bicyclic) bond motifs is 1. The number of carbonyl (C=O) groups is 2. The summed E-state index contributed by atoms with van der Waals surface area (Å²) in [7, 11) is 0. The van der Waals surface area contributed by atoms with Gasteiger partial charge in [0, 0.05) is 0 Å². The van der Waals surface area contributed by atoms with Crippen LogP contribution < -0.4 is 4.90 Å². The summed E-state index contributed by atoms with van der Waals surface area (Å²) in [6.45, 7) is 2.03. The second-order valence-electron chi connectivity index (χ2n) is 4.94. The molecular formula is C16H11ClFNO2. The molecule has 0 aliphatic carbocycles. The first-order valence-corrected chi connectivity index (χ1v) is 6.76. The largest absolute Gasteiger partial charge is 0.300 e. The summed E-state index contributed by atoms with van der Waals surface area (Å²) in [5.41, 5.74) is 2.54. The SMILES string of the molecule is Cc1cccc2c1N(Cc1ccc(F)c(Cl)c1)C(=O)C2=O. The van der Waals surface area contributed by atoms with Crippen molar-refractivity contribution in [2.45, 2.75) is 13.5 Å². The van der Waals surface area contributed by atoms with Gasteiger partial charge >= 0.3 is 0 Å². The minimum absolute atomic E-state index is 0.00419. The molecular weight excluding hydrogens is 293 g/mol. The van der Waals surface area contributed by atoms with Crippen molar-refractivity contribution < 1.29 is 14.0 Å². The molecule has 0 fully saturated rings. The van der Waals surface area contributed by atoms with Crippen LogP contribution in [-0.2, 0) is 11.3 Å². The van der Waals surface area contributed by atoms with Crippen LogP contribution in [-0.4, -0.2) is 11.7 Å². The van der Waals surface area contributed by atoms with E-state index in [2.05, 4.69) is 0 Å². The minimum Gasteiger partial charge on any atom is -0.300 e. The number of para-hydroxylation sites is 1. The highest BCUT2D eigenvalue weighted by Gasteiger charge is 2.36. The van der Waals surface area contributed by atoms with Crippen LogP contribution in [0, 0.1) is 12.7 Å². The van der Waals surface area contributed by atoms with E-state index in [-0.39, 0.29) is 11.6 Å². The maximum absolute atomic E-state index is 13.2. The zero-order valence-corrected chi connectivity index (χ0v) is 11.9. The number of benzene rings is 2. The van der Waals surface area contributed by atoms with E-state index in [1.807, 2.05) is 13.0 Å². The van der Waals surface area contributed by atoms with E-state index >= 15 is 0 Å². The van der Waals surface area contributed by atoms with E-state index in [1.54, 1.807) is 18.2 Å². The molecule has 0 unspecified atom stereocenters. The lowest BCUT2D eigenvalue weighted by Crippen LogP contribution is -2.29. The normalized spacial score (nSPS) is 13.8. The third-order valence-electron chi connectivity index (χ3n) is 3.52. The van der Waals surface area contributed by atoms with Crippen LogP contribution in [0.15, 0.2) is 36.4 Å². The quantitative estimate of drug-likeness (QED) is 0.796. The van der Waals surface area contributed by atoms with E-state index in [9.17, 15) is 14.0 Å². The highest BCUT2D eigenvalue weighted by atomic mass is 35.5. The average molecular weight is 304 g/mol. The molecule has 0 N–H and O–H groups in total. The summed E-state index contributed by atoms with van der Waals surface area (Å²) in [6, 6.07) is 9.49. The number of nitrogens with zero attached hydrogens (tertiary/aromatic N) is 1. The number of rotatable bonds is 2. The van der Waals surface area contributed by atoms with Crippen molar-refractivity contribution in [3.63, 3.8) is 0 Å². The molecule has 0 bridgehead atoms. The van der Waals surface area contributed by atoms with E-state index < -0.39 is 17.5 Å². The average Bonchev–Trinajstić information content (AvgIpc) is 2.69. The van der Waals surface area contributed by atoms with E-state index in [1.165, 1.54) is 17.0 Å². The van der Waals surface area contributed by atoms with Crippen LogP contribution in [0.4, 0.5) is 10.1 Å². The molecule has 0 saturated carbocycles. The summed E-state index contributed by atoms with van der Waals surface area (Å²) in [4.78, 5) is 25.5. The van der Waals surface area contributed by atoms with Crippen molar-refractivity contribution >= 4 is 29.0 Å². The number of ketones is 1. The lowest BCUT2D eigenvalue weighted by molar-refractivity contribution is -0.114. The van der Waals surface area contributed by atoms with Crippen LogP contribution in [0.3, 0.4) is 0 Å². The maximum Gasteiger partial charge on any atom is 0.299 e. The first kappa shape index (κ1) is 13.8. The highest BCUT2D eigenvalue weighted by molar-refractivity contribution is 6.52. The molecule has 2 aromatic rings. The molecule has 1 amide bonds. The number of carbonyl (C=O) groups excluding carboxylic acids is 2. The Labute approximate surface area is 125 Å². The molecule has 3 rings (SSSR count). The first-order chi connectivity index (χ1) is 9.99. The molecule has 2 aromatic carbocycles. The van der Waals surface area contributed by atoms with E-state index in [4.69, 9.17) is 11.6 Å². The predicted molar refractivity (Wildman–Crippen MR) is 78.1 cm³/mol. The molecule has 21 heavy (non-hydrogen) atoms. The van der Waals surface area contributed by atoms with Gasteiger partial charge in [0.1, 0.15) is 5.82 Å². The zero-order valence-electron chi connectivity index (χ0n) is 11.2. The van der Waals surface area contributed by atoms with Gasteiger partial charge in [-0.3, -0.25) is 9.59 Å². The topological polar surface area (TPSA) is 37.4 Å². The molecule has 3 nitrogen and oxygen atoms in total. The van der Waals surface area contributed by atoms with Crippen LogP contribution in [0.2, 0.25) is 5.02 Å². The van der Waals surface area contributed by atoms with Crippen molar-refractivity contribution in [2.24, 2.45) is 0 Å². The summed E-state index contributed by atoms with van der Waals surface area (Å²) in [5.74, 6) is -1.59. The maximum atomic E-state index is 13.2. The van der Waals surface area contributed by atoms with Crippen molar-refractivity contribution in [2.75, 3.05) is 4.90 Å². The van der Waals surface area contributed by atoms with Gasteiger partial charge in [-0.15, -0.1) is 0 Å². The van der Waals surface area contributed by atoms with Crippen molar-refractivity contribution in [3.05, 3.63) is 63.9 Å². The Hall–Kier alpha value is -2.20. The molecule has 0 radical (unpaired) electrons. The molecule has 1 aliphatic rings. The van der Waals surface area contributed by atoms with Gasteiger partial charge in [-0.05, 0) is 36.2 Å². The fraction of sp³-hybridized carbons (Fsp3) is 0.125. The van der Waals surface area contributed by atoms with Gasteiger partial charge in [0.05, 0.1) is 22.8 Å². The molecule has 0 atom stereocenters. The summed E-state index contributed by atoms with van der Waals surface area (Å²) >= 11 is 5.75. The van der Waals surface area contributed by atoms with Crippen molar-refractivity contribution in [3.8, 4) is 0 Å². The van der Waals surface area contributed by atoms with E-state index in [0.29, 0.717) is 16.8 Å². The molecule has 0 saturated heterocycles. The first-order valence-electron chi connectivity index (χ1n) is 6.39. The number of halogens is 2. The van der Waals surface area contributed by atoms with Gasteiger partial charge in [-0.25, -0.2) is 4.39 Å². The van der Waals surface area contributed by atoms with Gasteiger partial charge < -0.3 is 4.90 Å². The Morgan fingerprint density at radius 3 is 2.67 bits per heavy atom. The molecule has 0 spiro atoms. The third kappa shape index (κ3) is 2.21. The summed E-state index contributed by atoms with van der Waals surface area (Å²) < 4.78 is 13.2. The van der Waals surface area contributed by atoms with Crippen LogP contribution in [0.5, 0.6) is 0 Å². The second-order valence-corrected chi connectivity index (χ2v) is 5.35. The summed E-state index contributed by atoms with van der Waals surface area (Å²) in [5, 5.41) is -0.00419. The number of amides is 1. The number of aryl methyl sites for hydroxylation is 1. The fourth-order valence-corrected chi connectivity index (χ4v) is 2.71. The Kier molecular flexibility index (Phi) is 3.26. The van der Waals surface area contributed by atoms with Crippen LogP contribution >= 0.6 is 11.6 Å². The smallest absolute Gasteiger partial charge is 0.299 e. The Bertz CT molecular complexity index is 773. The fourth-order valence-electron chi connectivity index (χ4n) is 2.51. The Morgan fingerprint density at radius 1 is 1.19 bits per heavy atom. The van der Waals surface area contributed by atoms with Crippen LogP contribution in [0.1, 0.15) is 21.5 Å². The molecule has 5 heteroatoms. The minimum atomic E-state index is -0.570. The number of hydrogen-bond acceptors (Lipinski definition) is 2. The standard InChI is InChI=1S/C16H11ClFNO2/c1-9-3-2-4-11-14(9)19(16(21)15(11)20)8-10-5-6-13(18)12(17)7-10/h2-7H,8H2,1H3. The van der Waals surface area contributed by atoms with Crippen molar-refractivity contribution in [1.29, 1.82) is 0 Å². The third-order valence-corrected chi connectivity index (χ3v) is 3.81. The molecule has 0 aromatic heterocycles. The summed E-state index contributed by atoms with van der Waals surface area (Å²) in [6.07, 6.45) is 0. The molecule has 1 heterocycles. The predicted octanol–water partition coefficient (Wildman–Crippen LogP) is 3.52.